The summed E-state index contributed by atoms with van der Waals surface area (Å²) in [6.45, 7) is 0.472. The molecule has 0 bridgehead atoms. The van der Waals surface area contributed by atoms with Crippen molar-refractivity contribution in [2.75, 3.05) is 5.32 Å². The second-order valence-corrected chi connectivity index (χ2v) is 5.67. The molecule has 19 heavy (non-hydrogen) atoms. The molecule has 0 aliphatic heterocycles. The number of hydrogen-bond donors (Lipinski definition) is 2. The summed E-state index contributed by atoms with van der Waals surface area (Å²) in [4.78, 5) is 19.1. The van der Waals surface area contributed by atoms with Crippen LogP contribution in [0.4, 0.5) is 5.82 Å². The molecule has 3 aromatic heterocycles. The van der Waals surface area contributed by atoms with Crippen molar-refractivity contribution >= 4 is 44.5 Å². The molecule has 0 spiro atoms. The van der Waals surface area contributed by atoms with Gasteiger partial charge >= 0.3 is 5.97 Å². The maximum Gasteiger partial charge on any atom is 0.355 e. The van der Waals surface area contributed by atoms with E-state index in [1.54, 1.807) is 17.5 Å². The van der Waals surface area contributed by atoms with Gasteiger partial charge in [0.25, 0.3) is 0 Å². The van der Waals surface area contributed by atoms with Crippen molar-refractivity contribution in [2.24, 2.45) is 0 Å². The topological polar surface area (TPSA) is 75.1 Å². The molecule has 96 valence electrons. The summed E-state index contributed by atoms with van der Waals surface area (Å²) < 4.78 is 1.17. The number of carbonyl (C=O) groups is 1. The Hall–Kier alpha value is -1.99. The van der Waals surface area contributed by atoms with Crippen LogP contribution < -0.4 is 5.32 Å². The lowest BCUT2D eigenvalue weighted by atomic mass is 10.3. The molecule has 5 nitrogen and oxygen atoms in total. The zero-order chi connectivity index (χ0) is 13.2. The quantitative estimate of drug-likeness (QED) is 0.772. The Balaban J connectivity index is 1.78. The van der Waals surface area contributed by atoms with Gasteiger partial charge in [0.2, 0.25) is 0 Å². The zero-order valence-corrected chi connectivity index (χ0v) is 11.3. The number of thiophene rings is 1. The fourth-order valence-electron chi connectivity index (χ4n) is 1.69. The molecule has 2 N–H and O–H groups in total. The molecular weight excluding hydrogens is 282 g/mol. The highest BCUT2D eigenvalue weighted by molar-refractivity contribution is 7.17. The van der Waals surface area contributed by atoms with E-state index in [1.807, 2.05) is 17.5 Å². The molecule has 3 rings (SSSR count). The summed E-state index contributed by atoms with van der Waals surface area (Å²) in [5, 5.41) is 17.4. The maximum atomic E-state index is 10.7. The number of hydrogen-bond acceptors (Lipinski definition) is 6. The van der Waals surface area contributed by atoms with Gasteiger partial charge in [0.05, 0.1) is 6.54 Å². The summed E-state index contributed by atoms with van der Waals surface area (Å²) in [5.41, 5.74) is 0.0866. The van der Waals surface area contributed by atoms with Gasteiger partial charge in [-0.15, -0.1) is 22.7 Å². The molecule has 0 saturated carbocycles. The summed E-state index contributed by atoms with van der Waals surface area (Å²) in [6.07, 6.45) is 1.76. The molecule has 0 fully saturated rings. The molecule has 0 aromatic carbocycles. The average Bonchev–Trinajstić information content (AvgIpc) is 3.05. The lowest BCUT2D eigenvalue weighted by Crippen LogP contribution is -2.02. The van der Waals surface area contributed by atoms with Crippen LogP contribution in [0.3, 0.4) is 0 Å². The van der Waals surface area contributed by atoms with Gasteiger partial charge in [-0.25, -0.2) is 14.8 Å². The zero-order valence-electron chi connectivity index (χ0n) is 9.66. The van der Waals surface area contributed by atoms with Gasteiger partial charge in [-0.2, -0.15) is 0 Å². The summed E-state index contributed by atoms with van der Waals surface area (Å²) in [5.74, 6) is -0.202. The van der Waals surface area contributed by atoms with E-state index >= 15 is 0 Å². The van der Waals surface area contributed by atoms with Crippen LogP contribution in [0, 0.1) is 0 Å². The normalized spacial score (nSPS) is 10.7. The second-order valence-electron chi connectivity index (χ2n) is 3.78. The lowest BCUT2D eigenvalue weighted by Gasteiger charge is -2.04. The van der Waals surface area contributed by atoms with Crippen molar-refractivity contribution < 1.29 is 9.90 Å². The Morgan fingerprint density at radius 3 is 3.05 bits per heavy atom. The Morgan fingerprint density at radius 2 is 2.26 bits per heavy atom. The monoisotopic (exact) mass is 291 g/mol. The number of pyridine rings is 1. The third-order valence-corrected chi connectivity index (χ3v) is 4.29. The van der Waals surface area contributed by atoms with Crippen LogP contribution in [-0.2, 0) is 6.54 Å². The first-order valence-corrected chi connectivity index (χ1v) is 7.24. The van der Waals surface area contributed by atoms with Crippen molar-refractivity contribution in [2.45, 2.75) is 6.54 Å². The molecule has 0 unspecified atom stereocenters. The number of nitrogens with one attached hydrogen (secondary N) is 1. The van der Waals surface area contributed by atoms with Gasteiger partial charge < -0.3 is 10.4 Å². The standard InChI is InChI=1S/C12H9N3O2S2/c16-12(17)8-6-19-10(15-8)5-14-11-7-2-4-18-9(7)1-3-13-11/h1-4,6H,5H2,(H,13,14)(H,16,17). The molecule has 0 amide bonds. The first kappa shape index (κ1) is 12.1. The second kappa shape index (κ2) is 4.94. The van der Waals surface area contributed by atoms with Crippen LogP contribution in [-0.4, -0.2) is 21.0 Å². The van der Waals surface area contributed by atoms with Gasteiger partial charge in [0.15, 0.2) is 5.69 Å². The van der Waals surface area contributed by atoms with Crippen molar-refractivity contribution in [3.63, 3.8) is 0 Å². The van der Waals surface area contributed by atoms with Crippen molar-refractivity contribution in [1.29, 1.82) is 0 Å². The number of carboxylic acid groups (broad SMARTS) is 1. The third-order valence-electron chi connectivity index (χ3n) is 2.56. The average molecular weight is 291 g/mol. The number of fused-ring (bicyclic) bond motifs is 1. The minimum Gasteiger partial charge on any atom is -0.476 e. The largest absolute Gasteiger partial charge is 0.476 e. The van der Waals surface area contributed by atoms with Gasteiger partial charge in [-0.05, 0) is 17.5 Å². The van der Waals surface area contributed by atoms with E-state index in [4.69, 9.17) is 5.11 Å². The number of carboxylic acids is 1. The van der Waals surface area contributed by atoms with Crippen LogP contribution in [0.2, 0.25) is 0 Å². The van der Waals surface area contributed by atoms with E-state index in [9.17, 15) is 4.79 Å². The van der Waals surface area contributed by atoms with E-state index in [1.165, 1.54) is 21.4 Å². The fourth-order valence-corrected chi connectivity index (χ4v) is 3.17. The number of rotatable bonds is 4. The summed E-state index contributed by atoms with van der Waals surface area (Å²) in [6, 6.07) is 3.98. The predicted molar refractivity (Wildman–Crippen MR) is 76.0 cm³/mol. The first-order valence-electron chi connectivity index (χ1n) is 5.48. The first-order chi connectivity index (χ1) is 9.24. The van der Waals surface area contributed by atoms with E-state index in [0.29, 0.717) is 6.54 Å². The van der Waals surface area contributed by atoms with Crippen LogP contribution >= 0.6 is 22.7 Å². The minimum atomic E-state index is -0.999. The molecule has 0 aliphatic rings. The van der Waals surface area contributed by atoms with Gasteiger partial charge in [-0.1, -0.05) is 0 Å². The fraction of sp³-hybridized carbons (Fsp3) is 0.0833. The maximum absolute atomic E-state index is 10.7. The lowest BCUT2D eigenvalue weighted by molar-refractivity contribution is 0.0691. The van der Waals surface area contributed by atoms with Crippen molar-refractivity contribution in [3.8, 4) is 0 Å². The van der Waals surface area contributed by atoms with Crippen LogP contribution in [0.15, 0.2) is 29.1 Å². The van der Waals surface area contributed by atoms with E-state index in [-0.39, 0.29) is 5.69 Å². The molecule has 0 radical (unpaired) electrons. The van der Waals surface area contributed by atoms with Gasteiger partial charge in [0.1, 0.15) is 10.8 Å². The molecule has 3 heterocycles. The minimum absolute atomic E-state index is 0.0866. The number of nitrogens with zero attached hydrogens (tertiary/aromatic N) is 2. The Bertz CT molecular complexity index is 735. The number of anilines is 1. The van der Waals surface area contributed by atoms with Crippen LogP contribution in [0.25, 0.3) is 10.1 Å². The molecular formula is C12H9N3O2S2. The SMILES string of the molecule is O=C(O)c1csc(CNc2nccc3sccc23)n1. The third kappa shape index (κ3) is 2.42. The smallest absolute Gasteiger partial charge is 0.355 e. The molecule has 0 saturated heterocycles. The van der Waals surface area contributed by atoms with E-state index in [0.717, 1.165) is 16.2 Å². The highest BCUT2D eigenvalue weighted by atomic mass is 32.1. The molecule has 7 heteroatoms. The van der Waals surface area contributed by atoms with Crippen LogP contribution in [0.1, 0.15) is 15.5 Å². The van der Waals surface area contributed by atoms with E-state index in [2.05, 4.69) is 15.3 Å². The highest BCUT2D eigenvalue weighted by Crippen LogP contribution is 2.26. The molecule has 3 aromatic rings. The number of thiazole rings is 1. The summed E-state index contributed by atoms with van der Waals surface area (Å²) >= 11 is 2.99. The Labute approximate surface area is 116 Å². The highest BCUT2D eigenvalue weighted by Gasteiger charge is 2.09. The number of aromatic nitrogens is 2. The Kier molecular flexibility index (Phi) is 3.14. The van der Waals surface area contributed by atoms with E-state index < -0.39 is 5.97 Å². The van der Waals surface area contributed by atoms with Gasteiger partial charge in [0, 0.05) is 21.7 Å². The predicted octanol–water partition coefficient (Wildman–Crippen LogP) is 3.06. The number of aromatic carboxylic acids is 1. The summed E-state index contributed by atoms with van der Waals surface area (Å²) in [7, 11) is 0. The van der Waals surface area contributed by atoms with Crippen molar-refractivity contribution in [3.05, 3.63) is 39.8 Å². The van der Waals surface area contributed by atoms with Crippen LogP contribution in [0.5, 0.6) is 0 Å². The molecule has 0 aliphatic carbocycles. The van der Waals surface area contributed by atoms with Crippen molar-refractivity contribution in [1.82, 2.24) is 9.97 Å². The van der Waals surface area contributed by atoms with Gasteiger partial charge in [-0.3, -0.25) is 0 Å². The Morgan fingerprint density at radius 1 is 1.37 bits per heavy atom. The molecule has 0 atom stereocenters.